The van der Waals surface area contributed by atoms with E-state index in [1.165, 1.54) is 5.56 Å². The molecule has 2 rings (SSSR count). The lowest BCUT2D eigenvalue weighted by Gasteiger charge is -2.39. The Morgan fingerprint density at radius 1 is 1.39 bits per heavy atom. The minimum atomic E-state index is 0.259. The van der Waals surface area contributed by atoms with Crippen LogP contribution in [-0.4, -0.2) is 58.7 Å². The molecule has 1 aliphatic heterocycles. The van der Waals surface area contributed by atoms with Crippen LogP contribution in [0, 0.1) is 6.92 Å². The highest BCUT2D eigenvalue weighted by molar-refractivity contribution is 5.13. The molecule has 0 spiro atoms. The normalized spacial score (nSPS) is 22.3. The number of rotatable bonds is 4. The van der Waals surface area contributed by atoms with Crippen LogP contribution < -0.4 is 0 Å². The molecule has 100 valence electrons. The van der Waals surface area contributed by atoms with Crippen molar-refractivity contribution in [2.45, 2.75) is 26.4 Å². The van der Waals surface area contributed by atoms with Crippen LogP contribution in [0.4, 0.5) is 0 Å². The van der Waals surface area contributed by atoms with Crippen molar-refractivity contribution in [3.05, 3.63) is 29.6 Å². The van der Waals surface area contributed by atoms with E-state index in [2.05, 4.69) is 33.8 Å². The molecule has 1 aliphatic rings. The molecule has 1 fully saturated rings. The molecule has 2 heterocycles. The monoisotopic (exact) mass is 249 g/mol. The molecule has 18 heavy (non-hydrogen) atoms. The first-order valence-corrected chi connectivity index (χ1v) is 6.68. The van der Waals surface area contributed by atoms with Gasteiger partial charge in [-0.1, -0.05) is 6.07 Å². The third-order valence-electron chi connectivity index (χ3n) is 3.62. The number of nitrogens with zero attached hydrogens (tertiary/aromatic N) is 3. The van der Waals surface area contributed by atoms with Gasteiger partial charge in [-0.2, -0.15) is 0 Å². The molecular weight excluding hydrogens is 226 g/mol. The zero-order chi connectivity index (χ0) is 13.0. The van der Waals surface area contributed by atoms with E-state index in [1.807, 2.05) is 13.1 Å². The topological polar surface area (TPSA) is 39.6 Å². The van der Waals surface area contributed by atoms with Gasteiger partial charge in [0.15, 0.2) is 0 Å². The molecule has 1 unspecified atom stereocenters. The highest BCUT2D eigenvalue weighted by atomic mass is 16.3. The first-order chi connectivity index (χ1) is 8.69. The Balaban J connectivity index is 1.89. The molecule has 1 aromatic rings. The van der Waals surface area contributed by atoms with Crippen LogP contribution in [0.5, 0.6) is 0 Å². The lowest BCUT2D eigenvalue weighted by molar-refractivity contribution is 0.0663. The zero-order valence-electron chi connectivity index (χ0n) is 11.3. The van der Waals surface area contributed by atoms with Gasteiger partial charge in [-0.3, -0.25) is 14.8 Å². The maximum absolute atomic E-state index is 8.97. The lowest BCUT2D eigenvalue weighted by atomic mass is 10.1. The summed E-state index contributed by atoms with van der Waals surface area (Å²) in [6.07, 6.45) is 1.97. The predicted octanol–water partition coefficient (Wildman–Crippen LogP) is 0.888. The summed E-state index contributed by atoms with van der Waals surface area (Å²) in [5, 5.41) is 8.97. The van der Waals surface area contributed by atoms with E-state index in [-0.39, 0.29) is 6.61 Å². The summed E-state index contributed by atoms with van der Waals surface area (Å²) in [5.41, 5.74) is 2.35. The Kier molecular flexibility index (Phi) is 4.69. The van der Waals surface area contributed by atoms with Gasteiger partial charge in [0.05, 0.1) is 6.61 Å². The molecule has 0 saturated carbocycles. The summed E-state index contributed by atoms with van der Waals surface area (Å²) < 4.78 is 0. The summed E-state index contributed by atoms with van der Waals surface area (Å²) in [6.45, 7) is 9.45. The molecule has 0 amide bonds. The number of β-amino-alcohol motifs (C(OH)–C–C–N with tert-alkyl or cyclic N) is 1. The van der Waals surface area contributed by atoms with E-state index >= 15 is 0 Å². The largest absolute Gasteiger partial charge is 0.395 e. The van der Waals surface area contributed by atoms with Gasteiger partial charge in [-0.15, -0.1) is 0 Å². The van der Waals surface area contributed by atoms with Gasteiger partial charge in [0, 0.05) is 50.7 Å². The fourth-order valence-corrected chi connectivity index (χ4v) is 2.48. The first-order valence-electron chi connectivity index (χ1n) is 6.68. The Labute approximate surface area is 109 Å². The third kappa shape index (κ3) is 3.51. The number of aliphatic hydroxyl groups is 1. The fourth-order valence-electron chi connectivity index (χ4n) is 2.48. The fraction of sp³-hybridized carbons (Fsp3) is 0.643. The second-order valence-electron chi connectivity index (χ2n) is 5.15. The molecule has 1 saturated heterocycles. The predicted molar refractivity (Wildman–Crippen MR) is 72.4 cm³/mol. The van der Waals surface area contributed by atoms with Crippen LogP contribution in [0.2, 0.25) is 0 Å². The standard InChI is InChI=1S/C14H23N3O/c1-12-3-4-14(9-15-12)11-17-6-5-16(7-8-18)10-13(17)2/h3-4,9,13,18H,5-8,10-11H2,1-2H3. The average Bonchev–Trinajstić information content (AvgIpc) is 2.36. The van der Waals surface area contributed by atoms with Crippen molar-refractivity contribution in [1.29, 1.82) is 0 Å². The van der Waals surface area contributed by atoms with E-state index in [0.717, 1.165) is 38.4 Å². The van der Waals surface area contributed by atoms with Crippen LogP contribution >= 0.6 is 0 Å². The van der Waals surface area contributed by atoms with Crippen molar-refractivity contribution >= 4 is 0 Å². The summed E-state index contributed by atoms with van der Waals surface area (Å²) in [7, 11) is 0. The summed E-state index contributed by atoms with van der Waals surface area (Å²) in [5.74, 6) is 0. The Morgan fingerprint density at radius 3 is 2.83 bits per heavy atom. The van der Waals surface area contributed by atoms with Gasteiger partial charge in [0.25, 0.3) is 0 Å². The van der Waals surface area contributed by atoms with Crippen molar-refractivity contribution in [1.82, 2.24) is 14.8 Å². The zero-order valence-corrected chi connectivity index (χ0v) is 11.3. The third-order valence-corrected chi connectivity index (χ3v) is 3.62. The average molecular weight is 249 g/mol. The second kappa shape index (κ2) is 6.27. The van der Waals surface area contributed by atoms with E-state index in [9.17, 15) is 0 Å². The summed E-state index contributed by atoms with van der Waals surface area (Å²) >= 11 is 0. The van der Waals surface area contributed by atoms with Crippen molar-refractivity contribution in [3.8, 4) is 0 Å². The molecule has 4 heteroatoms. The molecule has 1 aromatic heterocycles. The molecule has 0 radical (unpaired) electrons. The van der Waals surface area contributed by atoms with E-state index in [4.69, 9.17) is 5.11 Å². The number of aromatic nitrogens is 1. The van der Waals surface area contributed by atoms with Crippen LogP contribution in [0.15, 0.2) is 18.3 Å². The van der Waals surface area contributed by atoms with Crippen LogP contribution in [0.1, 0.15) is 18.2 Å². The minimum absolute atomic E-state index is 0.259. The molecular formula is C14H23N3O. The first kappa shape index (κ1) is 13.5. The quantitative estimate of drug-likeness (QED) is 0.860. The van der Waals surface area contributed by atoms with Crippen LogP contribution in [-0.2, 0) is 6.54 Å². The maximum Gasteiger partial charge on any atom is 0.0558 e. The van der Waals surface area contributed by atoms with Gasteiger partial charge in [-0.25, -0.2) is 0 Å². The number of piperazine rings is 1. The smallest absolute Gasteiger partial charge is 0.0558 e. The molecule has 0 aliphatic carbocycles. The summed E-state index contributed by atoms with van der Waals surface area (Å²) in [4.78, 5) is 9.16. The minimum Gasteiger partial charge on any atom is -0.395 e. The number of aliphatic hydroxyl groups excluding tert-OH is 1. The van der Waals surface area contributed by atoms with E-state index in [1.54, 1.807) is 0 Å². The molecule has 4 nitrogen and oxygen atoms in total. The van der Waals surface area contributed by atoms with Crippen molar-refractivity contribution in [3.63, 3.8) is 0 Å². The van der Waals surface area contributed by atoms with E-state index < -0.39 is 0 Å². The van der Waals surface area contributed by atoms with Crippen molar-refractivity contribution < 1.29 is 5.11 Å². The number of hydrogen-bond donors (Lipinski definition) is 1. The van der Waals surface area contributed by atoms with Crippen LogP contribution in [0.25, 0.3) is 0 Å². The van der Waals surface area contributed by atoms with E-state index in [0.29, 0.717) is 6.04 Å². The molecule has 1 N–H and O–H groups in total. The maximum atomic E-state index is 8.97. The van der Waals surface area contributed by atoms with Crippen LogP contribution in [0.3, 0.4) is 0 Å². The number of aryl methyl sites for hydroxylation is 1. The highest BCUT2D eigenvalue weighted by Crippen LogP contribution is 2.13. The molecule has 1 atom stereocenters. The SMILES string of the molecule is Cc1ccc(CN2CCN(CCO)CC2C)cn1. The van der Waals surface area contributed by atoms with Crippen molar-refractivity contribution in [2.75, 3.05) is 32.8 Å². The van der Waals surface area contributed by atoms with Gasteiger partial charge in [0.2, 0.25) is 0 Å². The number of hydrogen-bond acceptors (Lipinski definition) is 4. The van der Waals surface area contributed by atoms with Crippen molar-refractivity contribution in [2.24, 2.45) is 0 Å². The van der Waals surface area contributed by atoms with Gasteiger partial charge in [-0.05, 0) is 25.5 Å². The van der Waals surface area contributed by atoms with Gasteiger partial charge < -0.3 is 5.11 Å². The Hall–Kier alpha value is -0.970. The molecule has 0 aromatic carbocycles. The Morgan fingerprint density at radius 2 is 2.22 bits per heavy atom. The second-order valence-corrected chi connectivity index (χ2v) is 5.15. The summed E-state index contributed by atoms with van der Waals surface area (Å²) in [6, 6.07) is 4.77. The number of pyridine rings is 1. The highest BCUT2D eigenvalue weighted by Gasteiger charge is 2.23. The van der Waals surface area contributed by atoms with Gasteiger partial charge in [0.1, 0.15) is 0 Å². The molecule has 0 bridgehead atoms. The lowest BCUT2D eigenvalue weighted by Crippen LogP contribution is -2.51. The van der Waals surface area contributed by atoms with Gasteiger partial charge >= 0.3 is 0 Å². The Bertz CT molecular complexity index is 366.